The smallest absolute Gasteiger partial charge is 0.350 e. The van der Waals surface area contributed by atoms with E-state index >= 15 is 0 Å². The Kier molecular flexibility index (Phi) is 3.92. The minimum Gasteiger partial charge on any atom is -0.350 e. The van der Waals surface area contributed by atoms with Gasteiger partial charge in [0.2, 0.25) is 11.8 Å². The van der Waals surface area contributed by atoms with Crippen molar-refractivity contribution in [3.05, 3.63) is 54.2 Å². The lowest BCUT2D eigenvalue weighted by atomic mass is 10.1. The molecule has 0 fully saturated rings. The van der Waals surface area contributed by atoms with Crippen molar-refractivity contribution in [2.75, 3.05) is 5.32 Å². The molecule has 0 saturated heterocycles. The number of aromatic nitrogens is 4. The van der Waals surface area contributed by atoms with Gasteiger partial charge >= 0.3 is 12.1 Å². The standard InChI is InChI=1S/C14H10F3N5O/c15-14(16,17)12-21-11(22-23-12)10-4-2-9(3-5-10)8-20-13-18-6-1-7-19-13/h1-7H,8H2,(H,18,19,20). The highest BCUT2D eigenvalue weighted by Gasteiger charge is 2.38. The van der Waals surface area contributed by atoms with Gasteiger partial charge in [-0.25, -0.2) is 9.97 Å². The van der Waals surface area contributed by atoms with Crippen molar-refractivity contribution >= 4 is 5.95 Å². The van der Waals surface area contributed by atoms with Crippen molar-refractivity contribution in [2.24, 2.45) is 0 Å². The molecular formula is C14H10F3N5O. The number of hydrogen-bond acceptors (Lipinski definition) is 6. The number of halogens is 3. The molecule has 0 aliphatic carbocycles. The SMILES string of the molecule is FC(F)(F)c1nc(-c2ccc(CNc3ncccn3)cc2)no1. The molecule has 0 amide bonds. The van der Waals surface area contributed by atoms with Crippen molar-refractivity contribution in [1.82, 2.24) is 20.1 Å². The van der Waals surface area contributed by atoms with Crippen LogP contribution < -0.4 is 5.32 Å². The van der Waals surface area contributed by atoms with E-state index in [2.05, 4.69) is 29.9 Å². The highest BCUT2D eigenvalue weighted by molar-refractivity contribution is 5.54. The average molecular weight is 321 g/mol. The van der Waals surface area contributed by atoms with E-state index in [0.29, 0.717) is 18.1 Å². The van der Waals surface area contributed by atoms with Gasteiger partial charge in [0.1, 0.15) is 0 Å². The van der Waals surface area contributed by atoms with Crippen LogP contribution in [0.5, 0.6) is 0 Å². The molecule has 0 atom stereocenters. The van der Waals surface area contributed by atoms with Crippen LogP contribution >= 0.6 is 0 Å². The van der Waals surface area contributed by atoms with Gasteiger partial charge in [0.25, 0.3) is 0 Å². The lowest BCUT2D eigenvalue weighted by Gasteiger charge is -2.04. The van der Waals surface area contributed by atoms with E-state index in [1.807, 2.05) is 0 Å². The molecule has 0 radical (unpaired) electrons. The topological polar surface area (TPSA) is 76.7 Å². The normalized spacial score (nSPS) is 11.4. The molecule has 3 rings (SSSR count). The maximum Gasteiger partial charge on any atom is 0.471 e. The zero-order chi connectivity index (χ0) is 16.3. The Balaban J connectivity index is 1.68. The van der Waals surface area contributed by atoms with E-state index in [-0.39, 0.29) is 5.82 Å². The molecule has 6 nitrogen and oxygen atoms in total. The molecule has 0 unspecified atom stereocenters. The first-order chi connectivity index (χ1) is 11.0. The Hall–Kier alpha value is -2.97. The van der Waals surface area contributed by atoms with Gasteiger partial charge in [-0.3, -0.25) is 0 Å². The maximum absolute atomic E-state index is 12.4. The van der Waals surface area contributed by atoms with Crippen LogP contribution in [0.3, 0.4) is 0 Å². The Labute approximate surface area is 128 Å². The molecular weight excluding hydrogens is 311 g/mol. The van der Waals surface area contributed by atoms with Crippen LogP contribution in [0, 0.1) is 0 Å². The first-order valence-electron chi connectivity index (χ1n) is 6.53. The third-order valence-electron chi connectivity index (χ3n) is 2.90. The lowest BCUT2D eigenvalue weighted by molar-refractivity contribution is -0.159. The fourth-order valence-corrected chi connectivity index (χ4v) is 1.80. The van der Waals surface area contributed by atoms with Gasteiger partial charge in [0.15, 0.2) is 0 Å². The predicted molar refractivity (Wildman–Crippen MR) is 74.1 cm³/mol. The van der Waals surface area contributed by atoms with Gasteiger partial charge in [-0.1, -0.05) is 29.4 Å². The Morgan fingerprint density at radius 2 is 1.74 bits per heavy atom. The number of nitrogens with one attached hydrogen (secondary N) is 1. The van der Waals surface area contributed by atoms with Gasteiger partial charge in [0, 0.05) is 24.5 Å². The summed E-state index contributed by atoms with van der Waals surface area (Å²) in [6.45, 7) is 0.477. The fourth-order valence-electron chi connectivity index (χ4n) is 1.80. The fraction of sp³-hybridized carbons (Fsp3) is 0.143. The molecule has 2 heterocycles. The van der Waals surface area contributed by atoms with Crippen LogP contribution in [0.4, 0.5) is 19.1 Å². The zero-order valence-electron chi connectivity index (χ0n) is 11.6. The second-order valence-electron chi connectivity index (χ2n) is 4.54. The van der Waals surface area contributed by atoms with Crippen LogP contribution in [0.25, 0.3) is 11.4 Å². The average Bonchev–Trinajstić information content (AvgIpc) is 3.05. The molecule has 0 saturated carbocycles. The summed E-state index contributed by atoms with van der Waals surface area (Å²) in [6.07, 6.45) is -1.41. The maximum atomic E-state index is 12.4. The summed E-state index contributed by atoms with van der Waals surface area (Å²) in [7, 11) is 0. The van der Waals surface area contributed by atoms with Crippen molar-refractivity contribution < 1.29 is 17.7 Å². The third kappa shape index (κ3) is 3.62. The molecule has 9 heteroatoms. The summed E-state index contributed by atoms with van der Waals surface area (Å²) in [5, 5.41) is 6.36. The number of rotatable bonds is 4. The first kappa shape index (κ1) is 14.9. The van der Waals surface area contributed by atoms with Crippen molar-refractivity contribution in [2.45, 2.75) is 12.7 Å². The summed E-state index contributed by atoms with van der Waals surface area (Å²) in [5.41, 5.74) is 1.34. The highest BCUT2D eigenvalue weighted by atomic mass is 19.4. The molecule has 0 spiro atoms. The molecule has 118 valence electrons. The van der Waals surface area contributed by atoms with Crippen LogP contribution in [0.1, 0.15) is 11.5 Å². The van der Waals surface area contributed by atoms with Crippen LogP contribution in [-0.2, 0) is 12.7 Å². The van der Waals surface area contributed by atoms with Crippen LogP contribution in [0.2, 0.25) is 0 Å². The van der Waals surface area contributed by atoms with Gasteiger partial charge in [0.05, 0.1) is 0 Å². The lowest BCUT2D eigenvalue weighted by Crippen LogP contribution is -2.04. The van der Waals surface area contributed by atoms with E-state index < -0.39 is 12.1 Å². The molecule has 2 aromatic heterocycles. The van der Waals surface area contributed by atoms with Gasteiger partial charge in [-0.2, -0.15) is 18.2 Å². The van der Waals surface area contributed by atoms with E-state index in [4.69, 9.17) is 0 Å². The molecule has 0 aliphatic rings. The van der Waals surface area contributed by atoms with Crippen molar-refractivity contribution in [3.63, 3.8) is 0 Å². The number of alkyl halides is 3. The zero-order valence-corrected chi connectivity index (χ0v) is 11.6. The van der Waals surface area contributed by atoms with Crippen LogP contribution in [0.15, 0.2) is 47.2 Å². The van der Waals surface area contributed by atoms with E-state index in [1.54, 1.807) is 42.7 Å². The highest BCUT2D eigenvalue weighted by Crippen LogP contribution is 2.29. The van der Waals surface area contributed by atoms with Gasteiger partial charge in [-0.15, -0.1) is 0 Å². The van der Waals surface area contributed by atoms with Gasteiger partial charge in [-0.05, 0) is 11.6 Å². The Bertz CT molecular complexity index is 771. The summed E-state index contributed by atoms with van der Waals surface area (Å²) in [6, 6.07) is 8.44. The summed E-state index contributed by atoms with van der Waals surface area (Å²) >= 11 is 0. The number of anilines is 1. The van der Waals surface area contributed by atoms with E-state index in [9.17, 15) is 13.2 Å². The minimum absolute atomic E-state index is 0.108. The first-order valence-corrected chi connectivity index (χ1v) is 6.53. The second-order valence-corrected chi connectivity index (χ2v) is 4.54. The number of nitrogens with zero attached hydrogens (tertiary/aromatic N) is 4. The van der Waals surface area contributed by atoms with Crippen LogP contribution in [-0.4, -0.2) is 20.1 Å². The molecule has 23 heavy (non-hydrogen) atoms. The second kappa shape index (κ2) is 6.03. The quantitative estimate of drug-likeness (QED) is 0.795. The predicted octanol–water partition coefficient (Wildman–Crippen LogP) is 3.16. The largest absolute Gasteiger partial charge is 0.471 e. The summed E-state index contributed by atoms with van der Waals surface area (Å²) in [5.74, 6) is -0.979. The molecule has 0 aliphatic heterocycles. The van der Waals surface area contributed by atoms with Gasteiger partial charge < -0.3 is 9.84 Å². The van der Waals surface area contributed by atoms with E-state index in [1.165, 1.54) is 0 Å². The Morgan fingerprint density at radius 3 is 2.35 bits per heavy atom. The monoisotopic (exact) mass is 321 g/mol. The molecule has 1 N–H and O–H groups in total. The summed E-state index contributed by atoms with van der Waals surface area (Å²) in [4.78, 5) is 11.4. The molecule has 3 aromatic rings. The third-order valence-corrected chi connectivity index (χ3v) is 2.90. The number of benzene rings is 1. The summed E-state index contributed by atoms with van der Waals surface area (Å²) < 4.78 is 41.5. The minimum atomic E-state index is -4.65. The molecule has 1 aromatic carbocycles. The van der Waals surface area contributed by atoms with Crippen molar-refractivity contribution in [3.8, 4) is 11.4 Å². The van der Waals surface area contributed by atoms with Crippen molar-refractivity contribution in [1.29, 1.82) is 0 Å². The number of hydrogen-bond donors (Lipinski definition) is 1. The van der Waals surface area contributed by atoms with E-state index in [0.717, 1.165) is 5.56 Å². The Morgan fingerprint density at radius 1 is 1.04 bits per heavy atom. The molecule has 0 bridgehead atoms.